The Bertz CT molecular complexity index is 850. The molecule has 0 aliphatic carbocycles. The summed E-state index contributed by atoms with van der Waals surface area (Å²) in [6.45, 7) is 0. The van der Waals surface area contributed by atoms with Gasteiger partial charge in [-0.2, -0.15) is 0 Å². The van der Waals surface area contributed by atoms with Crippen LogP contribution < -0.4 is 0 Å². The van der Waals surface area contributed by atoms with E-state index >= 15 is 0 Å². The number of rotatable bonds is 3. The second-order valence-electron chi connectivity index (χ2n) is 4.92. The summed E-state index contributed by atoms with van der Waals surface area (Å²) in [6.07, 6.45) is 2.27. The lowest BCUT2D eigenvalue weighted by molar-refractivity contribution is 1.03. The Kier molecular flexibility index (Phi) is 5.10. The molecule has 3 aromatic rings. The van der Waals surface area contributed by atoms with Gasteiger partial charge >= 0.3 is 0 Å². The van der Waals surface area contributed by atoms with Crippen LogP contribution >= 0.6 is 58.0 Å². The third-order valence-corrected chi connectivity index (χ3v) is 5.01. The number of imidazole rings is 1. The molecule has 0 saturated carbocycles. The van der Waals surface area contributed by atoms with Crippen LogP contribution in [0.25, 0.3) is 11.3 Å². The summed E-state index contributed by atoms with van der Waals surface area (Å²) in [6, 6.07) is 8.86. The van der Waals surface area contributed by atoms with E-state index in [9.17, 15) is 0 Å². The van der Waals surface area contributed by atoms with Gasteiger partial charge in [-0.3, -0.25) is 0 Å². The fourth-order valence-electron chi connectivity index (χ4n) is 2.20. The minimum absolute atomic E-state index is 0.352. The molecule has 23 heavy (non-hydrogen) atoms. The van der Waals surface area contributed by atoms with Crippen LogP contribution in [0.4, 0.5) is 0 Å². The fourth-order valence-corrected chi connectivity index (χ4v) is 3.35. The van der Waals surface area contributed by atoms with Crippen molar-refractivity contribution in [1.82, 2.24) is 9.97 Å². The molecule has 0 unspecified atom stereocenters. The second kappa shape index (κ2) is 6.92. The van der Waals surface area contributed by atoms with Crippen molar-refractivity contribution in [2.45, 2.75) is 6.42 Å². The van der Waals surface area contributed by atoms with Gasteiger partial charge in [0.2, 0.25) is 0 Å². The molecule has 0 aliphatic rings. The highest BCUT2D eigenvalue weighted by atomic mass is 35.5. The highest BCUT2D eigenvalue weighted by Gasteiger charge is 2.10. The van der Waals surface area contributed by atoms with E-state index in [1.807, 2.05) is 6.07 Å². The molecule has 1 aromatic heterocycles. The monoisotopic (exact) mass is 404 g/mol. The minimum Gasteiger partial charge on any atom is -0.342 e. The molecule has 0 amide bonds. The first-order valence-electron chi connectivity index (χ1n) is 6.57. The number of aromatic nitrogens is 2. The Hall–Kier alpha value is -0.900. The van der Waals surface area contributed by atoms with Crippen molar-refractivity contribution >= 4 is 58.0 Å². The highest BCUT2D eigenvalue weighted by Crippen LogP contribution is 2.32. The van der Waals surface area contributed by atoms with Crippen molar-refractivity contribution in [3.8, 4) is 11.3 Å². The van der Waals surface area contributed by atoms with Crippen molar-refractivity contribution in [3.05, 3.63) is 73.0 Å². The van der Waals surface area contributed by atoms with Gasteiger partial charge in [0.15, 0.2) is 0 Å². The van der Waals surface area contributed by atoms with Crippen molar-refractivity contribution in [2.24, 2.45) is 0 Å². The number of aromatic amines is 1. The van der Waals surface area contributed by atoms with E-state index in [4.69, 9.17) is 58.0 Å². The van der Waals surface area contributed by atoms with Crippen LogP contribution in [0.3, 0.4) is 0 Å². The standard InChI is InChI=1S/C16H9Cl5N2/c17-9-1-2-10(11(18)6-9)14-7-22-15(23-14)5-8-3-12(19)16(21)13(20)4-8/h1-4,6-7H,5H2,(H,22,23). The van der Waals surface area contributed by atoms with Gasteiger partial charge in [-0.25, -0.2) is 4.98 Å². The van der Waals surface area contributed by atoms with Gasteiger partial charge in [0, 0.05) is 17.0 Å². The van der Waals surface area contributed by atoms with Crippen LogP contribution in [0.2, 0.25) is 25.1 Å². The fraction of sp³-hybridized carbons (Fsp3) is 0.0625. The normalized spacial score (nSPS) is 11.0. The van der Waals surface area contributed by atoms with Crippen molar-refractivity contribution in [3.63, 3.8) is 0 Å². The number of nitrogens with one attached hydrogen (secondary N) is 1. The Labute approximate surface area is 158 Å². The molecular formula is C16H9Cl5N2. The lowest BCUT2D eigenvalue weighted by Crippen LogP contribution is -1.92. The van der Waals surface area contributed by atoms with Gasteiger partial charge in [-0.05, 0) is 35.9 Å². The Balaban J connectivity index is 1.88. The largest absolute Gasteiger partial charge is 0.342 e. The van der Waals surface area contributed by atoms with E-state index in [0.717, 1.165) is 22.6 Å². The van der Waals surface area contributed by atoms with Crippen LogP contribution in [0.1, 0.15) is 11.4 Å². The van der Waals surface area contributed by atoms with Crippen LogP contribution in [0.15, 0.2) is 36.5 Å². The van der Waals surface area contributed by atoms with Crippen LogP contribution in [-0.2, 0) is 6.42 Å². The van der Waals surface area contributed by atoms with Crippen LogP contribution in [0.5, 0.6) is 0 Å². The molecule has 118 valence electrons. The van der Waals surface area contributed by atoms with E-state index in [0.29, 0.717) is 31.5 Å². The molecule has 2 aromatic carbocycles. The minimum atomic E-state index is 0.352. The molecule has 1 N–H and O–H groups in total. The molecule has 3 rings (SSSR count). The average Bonchev–Trinajstić information content (AvgIpc) is 2.93. The molecule has 7 heteroatoms. The molecular weight excluding hydrogens is 397 g/mol. The zero-order chi connectivity index (χ0) is 16.6. The van der Waals surface area contributed by atoms with Crippen molar-refractivity contribution in [1.29, 1.82) is 0 Å². The lowest BCUT2D eigenvalue weighted by Gasteiger charge is -2.04. The number of hydrogen-bond acceptors (Lipinski definition) is 1. The quantitative estimate of drug-likeness (QED) is 0.469. The summed E-state index contributed by atoms with van der Waals surface area (Å²) in [5.74, 6) is 0.764. The first-order chi connectivity index (χ1) is 10.9. The summed E-state index contributed by atoms with van der Waals surface area (Å²) < 4.78 is 0. The number of hydrogen-bond donors (Lipinski definition) is 1. The molecule has 1 heterocycles. The third-order valence-electron chi connectivity index (χ3n) is 3.26. The van der Waals surface area contributed by atoms with Gasteiger partial charge in [0.1, 0.15) is 5.82 Å². The van der Waals surface area contributed by atoms with Gasteiger partial charge in [0.25, 0.3) is 0 Å². The van der Waals surface area contributed by atoms with Crippen molar-refractivity contribution in [2.75, 3.05) is 0 Å². The number of halogens is 5. The molecule has 2 nitrogen and oxygen atoms in total. The maximum atomic E-state index is 6.21. The highest BCUT2D eigenvalue weighted by molar-refractivity contribution is 6.48. The summed E-state index contributed by atoms with van der Waals surface area (Å²) >= 11 is 30.2. The Morgan fingerprint density at radius 3 is 2.22 bits per heavy atom. The maximum absolute atomic E-state index is 6.21. The lowest BCUT2D eigenvalue weighted by atomic mass is 10.1. The smallest absolute Gasteiger partial charge is 0.110 e. The van der Waals surface area contributed by atoms with E-state index in [1.54, 1.807) is 30.5 Å². The molecule has 0 atom stereocenters. The number of nitrogens with zero attached hydrogens (tertiary/aromatic N) is 1. The van der Waals surface area contributed by atoms with Crippen LogP contribution in [0, 0.1) is 0 Å². The van der Waals surface area contributed by atoms with Gasteiger partial charge in [-0.1, -0.05) is 58.0 Å². The predicted octanol–water partition coefficient (Wildman–Crippen LogP) is 6.93. The summed E-state index contributed by atoms with van der Waals surface area (Å²) in [7, 11) is 0. The first kappa shape index (κ1) is 16.9. The Morgan fingerprint density at radius 1 is 0.870 bits per heavy atom. The van der Waals surface area contributed by atoms with Crippen molar-refractivity contribution < 1.29 is 0 Å². The van der Waals surface area contributed by atoms with Crippen LogP contribution in [-0.4, -0.2) is 9.97 Å². The molecule has 0 fully saturated rings. The maximum Gasteiger partial charge on any atom is 0.110 e. The SMILES string of the molecule is Clc1ccc(-c2cnc(Cc3cc(Cl)c(Cl)c(Cl)c3)[nH]2)c(Cl)c1. The summed E-state index contributed by atoms with van der Waals surface area (Å²) in [4.78, 5) is 7.60. The second-order valence-corrected chi connectivity index (χ2v) is 6.95. The van der Waals surface area contributed by atoms with E-state index < -0.39 is 0 Å². The zero-order valence-electron chi connectivity index (χ0n) is 11.5. The molecule has 0 saturated heterocycles. The van der Waals surface area contributed by atoms with Gasteiger partial charge < -0.3 is 4.98 Å². The molecule has 0 radical (unpaired) electrons. The molecule has 0 bridgehead atoms. The van der Waals surface area contributed by atoms with E-state index in [2.05, 4.69) is 9.97 Å². The number of benzene rings is 2. The first-order valence-corrected chi connectivity index (χ1v) is 8.46. The van der Waals surface area contributed by atoms with E-state index in [-0.39, 0.29) is 0 Å². The Morgan fingerprint density at radius 2 is 1.57 bits per heavy atom. The summed E-state index contributed by atoms with van der Waals surface area (Å²) in [5, 5.41) is 2.34. The number of H-pyrrole nitrogens is 1. The predicted molar refractivity (Wildman–Crippen MR) is 98.3 cm³/mol. The van der Waals surface area contributed by atoms with Gasteiger partial charge in [0.05, 0.1) is 32.0 Å². The third kappa shape index (κ3) is 3.78. The topological polar surface area (TPSA) is 28.7 Å². The average molecular weight is 407 g/mol. The molecule has 0 aliphatic heterocycles. The zero-order valence-corrected chi connectivity index (χ0v) is 15.3. The van der Waals surface area contributed by atoms with Gasteiger partial charge in [-0.15, -0.1) is 0 Å². The molecule has 0 spiro atoms. The van der Waals surface area contributed by atoms with E-state index in [1.165, 1.54) is 0 Å². The summed E-state index contributed by atoms with van der Waals surface area (Å²) in [5.41, 5.74) is 2.56.